The summed E-state index contributed by atoms with van der Waals surface area (Å²) >= 11 is 12.9. The molecule has 8 aliphatic heterocycles. The fourth-order valence-electron chi connectivity index (χ4n) is 23.1. The number of piperazine rings is 4. The van der Waals surface area contributed by atoms with Gasteiger partial charge in [0.25, 0.3) is 11.8 Å². The minimum Gasteiger partial charge on any atom is -0.490 e. The number of halogens is 2. The quantitative estimate of drug-likeness (QED) is 0.0942. The number of benzene rings is 4. The Labute approximate surface area is 835 Å². The molecule has 0 radical (unpaired) electrons. The molecule has 4 aliphatic carbocycles. The molecule has 768 valence electrons. The first-order valence-corrected chi connectivity index (χ1v) is 54.9. The molecule has 4 saturated heterocycles. The maximum absolute atomic E-state index is 13.7. The van der Waals surface area contributed by atoms with Crippen molar-refractivity contribution in [1.82, 2.24) is 49.5 Å². The van der Waals surface area contributed by atoms with E-state index in [2.05, 4.69) is 155 Å². The number of carbonyl (C=O) groups is 5. The van der Waals surface area contributed by atoms with Crippen molar-refractivity contribution in [2.24, 2.45) is 35.5 Å². The van der Waals surface area contributed by atoms with E-state index in [1.165, 1.54) is 28.8 Å². The van der Waals surface area contributed by atoms with Gasteiger partial charge >= 0.3 is 12.2 Å². The van der Waals surface area contributed by atoms with E-state index in [1.54, 1.807) is 50.1 Å². The van der Waals surface area contributed by atoms with Crippen LogP contribution < -0.4 is 39.4 Å². The summed E-state index contributed by atoms with van der Waals surface area (Å²) < 4.78 is 95.1. The predicted octanol–water partition coefficient (Wildman–Crippen LogP) is 16.4. The molecule has 4 N–H and O–H groups in total. The van der Waals surface area contributed by atoms with Crippen molar-refractivity contribution in [3.63, 3.8) is 0 Å². The van der Waals surface area contributed by atoms with E-state index in [1.807, 2.05) is 104 Å². The highest BCUT2D eigenvalue weighted by molar-refractivity contribution is 7.91. The van der Waals surface area contributed by atoms with Crippen LogP contribution in [0.15, 0.2) is 97.1 Å². The van der Waals surface area contributed by atoms with E-state index in [9.17, 15) is 40.8 Å². The second kappa shape index (κ2) is 46.3. The third-order valence-electron chi connectivity index (χ3n) is 31.4. The Morgan fingerprint density at radius 2 is 1.00 bits per heavy atom. The second-order valence-electron chi connectivity index (χ2n) is 44.6. The Balaban J connectivity index is 0.000000177. The minimum absolute atomic E-state index is 0.0434. The molecule has 16 atom stereocenters. The third-order valence-corrected chi connectivity index (χ3v) is 35.7. The van der Waals surface area contributed by atoms with Crippen LogP contribution in [-0.4, -0.2) is 290 Å². The smallest absolute Gasteiger partial charge is 0.410 e. The lowest BCUT2D eigenvalue weighted by atomic mass is 9.63. The lowest BCUT2D eigenvalue weighted by Crippen LogP contribution is -2.61. The Morgan fingerprint density at radius 1 is 0.536 bits per heavy atom. The second-order valence-corrected chi connectivity index (χ2v) is 49.5. The maximum atomic E-state index is 13.7. The third kappa shape index (κ3) is 26.5. The van der Waals surface area contributed by atoms with E-state index in [0.717, 1.165) is 184 Å². The summed E-state index contributed by atoms with van der Waals surface area (Å²) in [7, 11) is -4.50. The summed E-state index contributed by atoms with van der Waals surface area (Å²) in [4.78, 5) is 81.7. The van der Waals surface area contributed by atoms with Crippen LogP contribution >= 0.6 is 23.2 Å². The van der Waals surface area contributed by atoms with Gasteiger partial charge in [-0.05, 0) is 320 Å². The summed E-state index contributed by atoms with van der Waals surface area (Å²) in [6.45, 7) is 56.6. The van der Waals surface area contributed by atoms with E-state index in [0.29, 0.717) is 104 Å². The molecular weight excluding hydrogens is 1830 g/mol. The first kappa shape index (κ1) is 110. The number of hydrogen-bond acceptors (Lipinski definition) is 23. The number of fused-ring (bicyclic) bond motifs is 8. The number of nitrogens with zero attached hydrogens (tertiary/aromatic N) is 8. The zero-order chi connectivity index (χ0) is 101. The maximum Gasteiger partial charge on any atom is 0.410 e. The molecule has 31 heteroatoms. The van der Waals surface area contributed by atoms with Gasteiger partial charge in [0.1, 0.15) is 33.9 Å². The largest absolute Gasteiger partial charge is 0.490 e. The first-order valence-electron chi connectivity index (χ1n) is 51.1. The molecule has 0 aromatic heterocycles. The average molecular weight is 1990 g/mol. The Morgan fingerprint density at radius 3 is 1.42 bits per heavy atom. The SMILES string of the molecule is CC(C)N1CCN(C(=O)OC(C)(C)C)C[C@H]1C.CC(C)N1CCNC[C@H]1C.CO[C@]1(C=O)/C=C/C[C@H](C)[C@@H](C)S(=O)(=O)NC(=O)c2ccc3c(c2)N(C[C@@H]2CC[C@H]21)C[C@@]1(CCCc2cc(Cl)ccc21)CO3.CO[C@]1(CN2CCN(C(C)C)[C@H](C)C2)/C=C/C[C@H](C)[C@@H](C)S(=O)(=O)NC(=O)c2ccc3c(c2)N(C[C@@H]2CC[C@H]21)C[C@@]1(CCCc2cc(Cl)ccc21)CO3.C[C@@H]1CN(C(=O)OC(C)(C)C)CCN1. The number of nitrogens with one attached hydrogen (secondary N) is 4. The van der Waals surface area contributed by atoms with Crippen molar-refractivity contribution >= 4 is 84.9 Å². The summed E-state index contributed by atoms with van der Waals surface area (Å²) in [6, 6.07) is 26.6. The van der Waals surface area contributed by atoms with Gasteiger partial charge in [-0.25, -0.2) is 35.9 Å². The van der Waals surface area contributed by atoms with Crippen LogP contribution in [0.2, 0.25) is 10.0 Å². The number of carbonyl (C=O) groups excluding carboxylic acids is 5. The Kier molecular flexibility index (Phi) is 36.8. The van der Waals surface area contributed by atoms with E-state index >= 15 is 0 Å². The van der Waals surface area contributed by atoms with Crippen LogP contribution in [0.1, 0.15) is 246 Å². The summed E-state index contributed by atoms with van der Waals surface area (Å²) in [5.41, 5.74) is 4.16. The summed E-state index contributed by atoms with van der Waals surface area (Å²) in [6.07, 6.45) is 19.4. The van der Waals surface area contributed by atoms with Crippen LogP contribution in [0.4, 0.5) is 21.0 Å². The lowest BCUT2D eigenvalue weighted by molar-refractivity contribution is -0.136. The highest BCUT2D eigenvalue weighted by Crippen LogP contribution is 2.53. The molecule has 4 aromatic carbocycles. The fourth-order valence-corrected chi connectivity index (χ4v) is 26.0. The van der Waals surface area contributed by atoms with Gasteiger partial charge in [0.2, 0.25) is 20.0 Å². The highest BCUT2D eigenvalue weighted by Gasteiger charge is 2.53. The number of rotatable bonds is 8. The fraction of sp³-hybridized carbons (Fsp3) is 0.692. The van der Waals surface area contributed by atoms with Crippen molar-refractivity contribution in [1.29, 1.82) is 0 Å². The van der Waals surface area contributed by atoms with E-state index in [-0.39, 0.29) is 58.2 Å². The van der Waals surface area contributed by atoms with Crippen LogP contribution in [0.3, 0.4) is 0 Å². The predicted molar refractivity (Wildman–Crippen MR) is 552 cm³/mol. The molecular formula is C107H164Cl2N12O15S2. The number of aldehydes is 1. The van der Waals surface area contributed by atoms with Gasteiger partial charge in [-0.3, -0.25) is 34.0 Å². The van der Waals surface area contributed by atoms with Crippen molar-refractivity contribution in [3.05, 3.63) is 141 Å². The molecule has 12 aliphatic rings. The molecule has 0 unspecified atom stereocenters. The summed E-state index contributed by atoms with van der Waals surface area (Å²) in [5, 5.41) is 6.51. The number of anilines is 2. The molecule has 2 saturated carbocycles. The Bertz CT molecular complexity index is 5150. The number of hydrogen-bond donors (Lipinski definition) is 4. The zero-order valence-electron chi connectivity index (χ0n) is 86.7. The van der Waals surface area contributed by atoms with Crippen molar-refractivity contribution in [3.8, 4) is 11.5 Å². The minimum atomic E-state index is -3.97. The van der Waals surface area contributed by atoms with Crippen LogP contribution in [-0.2, 0) is 67.5 Å². The number of methoxy groups -OCH3 is 2. The van der Waals surface area contributed by atoms with Gasteiger partial charge in [-0.15, -0.1) is 0 Å². The summed E-state index contributed by atoms with van der Waals surface area (Å²) in [5.74, 6) is 0.290. The molecule has 4 amide bonds. The van der Waals surface area contributed by atoms with Crippen LogP contribution in [0.5, 0.6) is 11.5 Å². The van der Waals surface area contributed by atoms with Crippen LogP contribution in [0.25, 0.3) is 0 Å². The van der Waals surface area contributed by atoms with E-state index < -0.39 is 64.8 Å². The molecule has 16 rings (SSSR count). The molecule has 2 spiro atoms. The number of sulfonamides is 2. The molecule has 4 aromatic rings. The van der Waals surface area contributed by atoms with Crippen LogP contribution in [0, 0.1) is 35.5 Å². The number of ether oxygens (including phenoxy) is 6. The van der Waals surface area contributed by atoms with Gasteiger partial charge in [0.15, 0.2) is 6.29 Å². The number of allylic oxidation sites excluding steroid dienone is 2. The Hall–Kier alpha value is -7.13. The topological polar surface area (TPSA) is 283 Å². The normalized spacial score (nSPS) is 31.3. The first-order chi connectivity index (χ1) is 65.0. The highest BCUT2D eigenvalue weighted by atomic mass is 35.5. The number of amides is 4. The van der Waals surface area contributed by atoms with Crippen molar-refractivity contribution in [2.75, 3.05) is 148 Å². The van der Waals surface area contributed by atoms with Gasteiger partial charge in [-0.1, -0.05) is 67.4 Å². The van der Waals surface area contributed by atoms with Crippen molar-refractivity contribution in [2.45, 2.75) is 302 Å². The van der Waals surface area contributed by atoms with Gasteiger partial charge in [0.05, 0.1) is 35.1 Å². The van der Waals surface area contributed by atoms with Gasteiger partial charge < -0.3 is 58.7 Å². The molecule has 6 fully saturated rings. The molecule has 138 heavy (non-hydrogen) atoms. The molecule has 8 heterocycles. The van der Waals surface area contributed by atoms with E-state index in [4.69, 9.17) is 51.6 Å². The monoisotopic (exact) mass is 1990 g/mol. The van der Waals surface area contributed by atoms with Gasteiger partial charge in [0, 0.05) is 206 Å². The number of aryl methyl sites for hydroxylation is 2. The zero-order valence-corrected chi connectivity index (χ0v) is 89.8. The van der Waals surface area contributed by atoms with Crippen molar-refractivity contribution < 1.29 is 69.2 Å². The molecule has 27 nitrogen and oxygen atoms in total. The average Bonchev–Trinajstić information content (AvgIpc) is 1.51. The van der Waals surface area contributed by atoms with Gasteiger partial charge in [-0.2, -0.15) is 0 Å². The standard InChI is InChI=1S/C42H59ClN4O5S.C34H41ClN2O6S.C13H26N2O2.C10H20N2O2.C8H18N2/c1-28(2)47-20-19-45(23-30(47)4)26-42(51-6)18-7-9-29(3)31(5)53(49,50)44-40(48)33-12-16-39-38(22-33)46(24-34-11-14-37(34)42)25-41(27-52-39)17-8-10-32-21-35(43)13-15-36(32)41;1-22-6-4-15-34(20-38,42-3)29-11-8-26(29)18-37-19-33(14-5-7-24-16-27(35)10-12-28(24)33)21-43-31-13-9-25(17-30(31)37)32(39)36-44(40,41)23(22)2;1-10(2)15-8-7-14(9-11(15)3)12(16)17-13(4,5)6;1-8-7-12(6-5-11-8)9(13)14-10(2,3)4;1-7(2)10-5-4-9-6-8(10)3/h7,12-13,15-16,18,21-22,28-31,34,37H,8-11,14,17,19-20,23-27H2,1-6H3,(H,44,48);4,9-10,12-13,15-17,20,22-23,26,29H,5-8,11,14,18-19,21H2,1-3H3,(H,36,39);10-11H,7-9H2,1-6H3;8,11H,5-7H2,1-4H3;7-9H,4-6H2,1-3H3/b18-7+;15-4+;;;/t29-,30+,31+,34-,37+,41-,42-;22-,23+,26-,29+,33-,34-;11-;2*8-/m00111/s1. The lowest BCUT2D eigenvalue weighted by Gasteiger charge is -2.53. The molecule has 4 bridgehead atoms.